The van der Waals surface area contributed by atoms with Gasteiger partial charge in [0, 0.05) is 0 Å². The van der Waals surface area contributed by atoms with Crippen molar-refractivity contribution >= 4 is 0 Å². The van der Waals surface area contributed by atoms with Crippen molar-refractivity contribution in [1.29, 1.82) is 0 Å². The molecule has 0 aliphatic heterocycles. The van der Waals surface area contributed by atoms with Crippen LogP contribution in [0.3, 0.4) is 0 Å². The molecule has 0 aromatic carbocycles. The number of nitrogens with zero attached hydrogens (tertiary/aromatic N) is 1. The molecule has 0 unspecified atom stereocenters. The molecule has 14 heteroatoms. The lowest BCUT2D eigenvalue weighted by molar-refractivity contribution is -0.442. The van der Waals surface area contributed by atoms with Crippen LogP contribution in [0.5, 0.6) is 0 Å². The zero-order valence-corrected chi connectivity index (χ0v) is 9.07. The van der Waals surface area contributed by atoms with E-state index in [0.29, 0.717) is 0 Å². The normalized spacial score (nSPS) is 15.1. The van der Waals surface area contributed by atoms with Gasteiger partial charge in [-0.15, -0.1) is 0 Å². The van der Waals surface area contributed by atoms with Gasteiger partial charge in [0.25, 0.3) is 0 Å². The SMILES string of the molecule is C=C(F)N(C(F)(F)C(F)(F)F)C(F)(F)C(F)(F)C(F)(F)F. The molecule has 0 bridgehead atoms. The largest absolute Gasteiger partial charge is 0.475 e. The minimum Gasteiger partial charge on any atom is -0.215 e. The van der Waals surface area contributed by atoms with Crippen LogP contribution in [0.15, 0.2) is 12.5 Å². The molecule has 126 valence electrons. The van der Waals surface area contributed by atoms with E-state index in [2.05, 4.69) is 0 Å². The Bertz CT molecular complexity index is 402. The van der Waals surface area contributed by atoms with Crippen molar-refractivity contribution in [2.75, 3.05) is 0 Å². The van der Waals surface area contributed by atoms with Crippen LogP contribution in [-0.4, -0.2) is 35.3 Å². The van der Waals surface area contributed by atoms with Gasteiger partial charge < -0.3 is 0 Å². The molecule has 1 nitrogen and oxygen atoms in total. The summed E-state index contributed by atoms with van der Waals surface area (Å²) in [6.45, 7) is 1.50. The number of halogens is 13. The molecule has 0 atom stereocenters. The maximum atomic E-state index is 12.8. The van der Waals surface area contributed by atoms with Crippen LogP contribution in [0, 0.1) is 0 Å². The van der Waals surface area contributed by atoms with Gasteiger partial charge in [-0.3, -0.25) is 0 Å². The first kappa shape index (κ1) is 19.6. The predicted octanol–water partition coefficient (Wildman–Crippen LogP) is 4.67. The summed E-state index contributed by atoms with van der Waals surface area (Å²) in [7, 11) is 0. The number of rotatable bonds is 4. The first-order valence-electron chi connectivity index (χ1n) is 4.23. The Hall–Kier alpha value is -1.37. The molecule has 0 aromatic heterocycles. The van der Waals surface area contributed by atoms with E-state index < -0.39 is 41.2 Å². The first-order chi connectivity index (χ1) is 8.82. The lowest BCUT2D eigenvalue weighted by Crippen LogP contribution is -2.67. The summed E-state index contributed by atoms with van der Waals surface area (Å²) < 4.78 is 158. The molecule has 0 aliphatic carbocycles. The van der Waals surface area contributed by atoms with Crippen LogP contribution in [0.4, 0.5) is 57.1 Å². The smallest absolute Gasteiger partial charge is 0.215 e. The van der Waals surface area contributed by atoms with Crippen LogP contribution in [0.25, 0.3) is 0 Å². The van der Waals surface area contributed by atoms with Crippen LogP contribution in [0.1, 0.15) is 0 Å². The minimum atomic E-state index is -7.43. The summed E-state index contributed by atoms with van der Waals surface area (Å²) in [5.74, 6) is -11.0. The zero-order chi connectivity index (χ0) is 17.7. The summed E-state index contributed by atoms with van der Waals surface area (Å²) >= 11 is 0. The van der Waals surface area contributed by atoms with E-state index >= 15 is 0 Å². The summed E-state index contributed by atoms with van der Waals surface area (Å²) in [4.78, 5) is -3.37. The molecule has 0 fully saturated rings. The summed E-state index contributed by atoms with van der Waals surface area (Å²) in [5, 5.41) is 0. The molecule has 0 aromatic rings. The van der Waals surface area contributed by atoms with Crippen molar-refractivity contribution < 1.29 is 57.1 Å². The topological polar surface area (TPSA) is 3.24 Å². The number of hydrogen-bond acceptors (Lipinski definition) is 1. The average Bonchev–Trinajstić information content (AvgIpc) is 2.11. The van der Waals surface area contributed by atoms with Gasteiger partial charge in [-0.25, -0.2) is 4.90 Å². The van der Waals surface area contributed by atoms with E-state index in [1.165, 1.54) is 6.58 Å². The molecule has 0 saturated carbocycles. The number of alkyl halides is 12. The third kappa shape index (κ3) is 2.97. The summed E-state index contributed by atoms with van der Waals surface area (Å²) in [6, 6.07) is -14.4. The Kier molecular flexibility index (Phi) is 4.51. The van der Waals surface area contributed by atoms with Gasteiger partial charge in [-0.1, -0.05) is 0 Å². The molecule has 0 rings (SSSR count). The Balaban J connectivity index is 6.21. The van der Waals surface area contributed by atoms with Crippen LogP contribution in [0.2, 0.25) is 0 Å². The second-order valence-electron chi connectivity index (χ2n) is 3.36. The third-order valence-corrected chi connectivity index (χ3v) is 1.88. The fraction of sp³-hybridized carbons (Fsp3) is 0.714. The molecular formula is C7H2F13N. The van der Waals surface area contributed by atoms with Gasteiger partial charge in [0.2, 0.25) is 0 Å². The highest BCUT2D eigenvalue weighted by Gasteiger charge is 2.81. The van der Waals surface area contributed by atoms with Crippen LogP contribution >= 0.6 is 0 Å². The van der Waals surface area contributed by atoms with E-state index in [-0.39, 0.29) is 0 Å². The Morgan fingerprint density at radius 1 is 0.619 bits per heavy atom. The highest BCUT2D eigenvalue weighted by Crippen LogP contribution is 2.54. The van der Waals surface area contributed by atoms with Crippen molar-refractivity contribution in [3.05, 3.63) is 12.5 Å². The molecule has 0 N–H and O–H groups in total. The average molecular weight is 347 g/mol. The molecule has 0 aliphatic rings. The first-order valence-corrected chi connectivity index (χ1v) is 4.23. The van der Waals surface area contributed by atoms with Crippen LogP contribution < -0.4 is 0 Å². The zero-order valence-electron chi connectivity index (χ0n) is 9.07. The quantitative estimate of drug-likeness (QED) is 0.528. The highest BCUT2D eigenvalue weighted by molar-refractivity contribution is 5.02. The number of hydrogen-bond donors (Lipinski definition) is 0. The fourth-order valence-electron chi connectivity index (χ4n) is 0.919. The van der Waals surface area contributed by atoms with Gasteiger partial charge >= 0.3 is 30.4 Å². The highest BCUT2D eigenvalue weighted by atomic mass is 19.4. The maximum Gasteiger partial charge on any atom is 0.475 e. The fourth-order valence-corrected chi connectivity index (χ4v) is 0.919. The van der Waals surface area contributed by atoms with Crippen molar-refractivity contribution in [2.45, 2.75) is 30.4 Å². The second-order valence-corrected chi connectivity index (χ2v) is 3.36. The molecule has 21 heavy (non-hydrogen) atoms. The molecule has 0 spiro atoms. The van der Waals surface area contributed by atoms with Crippen molar-refractivity contribution in [3.63, 3.8) is 0 Å². The second kappa shape index (κ2) is 4.83. The van der Waals surface area contributed by atoms with E-state index in [1.54, 1.807) is 0 Å². The lowest BCUT2D eigenvalue weighted by atomic mass is 10.2. The van der Waals surface area contributed by atoms with E-state index in [4.69, 9.17) is 0 Å². The van der Waals surface area contributed by atoms with Gasteiger partial charge in [0.05, 0.1) is 0 Å². The molecule has 0 heterocycles. The van der Waals surface area contributed by atoms with Crippen molar-refractivity contribution in [2.24, 2.45) is 0 Å². The molecular weight excluding hydrogens is 345 g/mol. The maximum absolute atomic E-state index is 12.8. The minimum absolute atomic E-state index is 1.50. The van der Waals surface area contributed by atoms with Gasteiger partial charge in [-0.2, -0.15) is 57.1 Å². The Morgan fingerprint density at radius 3 is 1.14 bits per heavy atom. The van der Waals surface area contributed by atoms with Crippen molar-refractivity contribution in [3.8, 4) is 0 Å². The van der Waals surface area contributed by atoms with E-state index in [0.717, 1.165) is 0 Å². The lowest BCUT2D eigenvalue weighted by Gasteiger charge is -2.40. The molecule has 0 saturated heterocycles. The third-order valence-electron chi connectivity index (χ3n) is 1.88. The van der Waals surface area contributed by atoms with Crippen molar-refractivity contribution in [1.82, 2.24) is 4.90 Å². The predicted molar refractivity (Wildman–Crippen MR) is 39.0 cm³/mol. The summed E-state index contributed by atoms with van der Waals surface area (Å²) in [5.41, 5.74) is 0. The van der Waals surface area contributed by atoms with Crippen LogP contribution in [-0.2, 0) is 0 Å². The Morgan fingerprint density at radius 2 is 0.952 bits per heavy atom. The van der Waals surface area contributed by atoms with E-state index in [1.807, 2.05) is 0 Å². The monoisotopic (exact) mass is 347 g/mol. The van der Waals surface area contributed by atoms with Gasteiger partial charge in [0.1, 0.15) is 0 Å². The Labute approximate surface area is 106 Å². The van der Waals surface area contributed by atoms with Gasteiger partial charge in [-0.05, 0) is 6.58 Å². The standard InChI is InChI=1S/C7H2F13N/c1-2(8)21(7(19,20)5(14,15)16)6(17,18)3(9,10)4(11,12)13/h1H2. The van der Waals surface area contributed by atoms with Gasteiger partial charge in [0.15, 0.2) is 5.95 Å². The molecule has 0 radical (unpaired) electrons. The summed E-state index contributed by atoms with van der Waals surface area (Å²) in [6.07, 6.45) is -14.3. The molecule has 0 amide bonds. The van der Waals surface area contributed by atoms with E-state index in [9.17, 15) is 57.1 Å².